The van der Waals surface area contributed by atoms with Gasteiger partial charge in [0, 0.05) is 10.5 Å². The molecule has 28 heavy (non-hydrogen) atoms. The van der Waals surface area contributed by atoms with Gasteiger partial charge in [0.1, 0.15) is 18.2 Å². The quantitative estimate of drug-likeness (QED) is 0.486. The topological polar surface area (TPSA) is 115 Å². The van der Waals surface area contributed by atoms with Gasteiger partial charge in [-0.2, -0.15) is 5.26 Å². The number of H-pyrrole nitrogens is 1. The summed E-state index contributed by atoms with van der Waals surface area (Å²) in [4.78, 5) is 15.5. The summed E-state index contributed by atoms with van der Waals surface area (Å²) < 4.78 is 5.71. The van der Waals surface area contributed by atoms with E-state index in [0.717, 1.165) is 17.3 Å². The lowest BCUT2D eigenvalue weighted by atomic mass is 10.1. The van der Waals surface area contributed by atoms with E-state index in [1.165, 1.54) is 6.08 Å². The van der Waals surface area contributed by atoms with Crippen LogP contribution < -0.4 is 9.84 Å². The van der Waals surface area contributed by atoms with Gasteiger partial charge in [-0.1, -0.05) is 30.3 Å². The number of carbonyl (C=O) groups excluding carboxylic acids is 1. The van der Waals surface area contributed by atoms with Crippen molar-refractivity contribution in [1.82, 2.24) is 15.2 Å². The smallest absolute Gasteiger partial charge is 0.213 e. The zero-order valence-electron chi connectivity index (χ0n) is 14.9. The van der Waals surface area contributed by atoms with Crippen molar-refractivity contribution in [3.05, 3.63) is 76.0 Å². The maximum Gasteiger partial charge on any atom is 0.213 e. The molecule has 0 aliphatic carbocycles. The van der Waals surface area contributed by atoms with Crippen LogP contribution in [0, 0.1) is 18.3 Å². The summed E-state index contributed by atoms with van der Waals surface area (Å²) in [7, 11) is 0. The Hall–Kier alpha value is -3.57. The van der Waals surface area contributed by atoms with Gasteiger partial charge in [0.2, 0.25) is 5.16 Å². The number of hydrogen-bond donors (Lipinski definition) is 1. The lowest BCUT2D eigenvalue weighted by Gasteiger charge is -2.09. The summed E-state index contributed by atoms with van der Waals surface area (Å²) in [6.07, 6.45) is 1.49. The number of carboxylic acids is 1. The second kappa shape index (κ2) is 8.88. The fourth-order valence-corrected chi connectivity index (χ4v) is 3.07. The highest BCUT2D eigenvalue weighted by Gasteiger charge is 2.08. The molecular weight excluding hydrogens is 376 g/mol. The maximum atomic E-state index is 11.4. The third kappa shape index (κ3) is 4.99. The number of aromatic nitrogens is 3. The molecule has 0 saturated heterocycles. The normalized spacial score (nSPS) is 11.1. The van der Waals surface area contributed by atoms with Crippen molar-refractivity contribution in [3.8, 4) is 11.8 Å². The Morgan fingerprint density at radius 3 is 2.68 bits per heavy atom. The lowest BCUT2D eigenvalue weighted by Crippen LogP contribution is -2.23. The molecule has 0 radical (unpaired) electrons. The predicted molar refractivity (Wildman–Crippen MR) is 102 cm³/mol. The molecule has 0 fully saturated rings. The Bertz CT molecular complexity index is 1050. The van der Waals surface area contributed by atoms with Gasteiger partial charge in [0.15, 0.2) is 0 Å². The van der Waals surface area contributed by atoms with Gasteiger partial charge in [-0.3, -0.25) is 5.10 Å². The number of carboxylic acid groups (broad SMARTS) is 1. The molecule has 0 saturated carbocycles. The molecule has 3 aromatic rings. The largest absolute Gasteiger partial charge is 0.544 e. The minimum atomic E-state index is -1.30. The standard InChI is InChI=1S/C20H16N4O3S/c1-13-22-20(24-23-13)28-18(19(25)26)10-14-6-8-17(9-7-14)27-12-16-5-3-2-4-15(16)11-21/h2-10H,12H2,1H3,(H,25,26)(H,22,23,24)/p-1/b18-10+. The molecule has 8 heteroatoms. The van der Waals surface area contributed by atoms with E-state index in [0.29, 0.717) is 27.9 Å². The highest BCUT2D eigenvalue weighted by molar-refractivity contribution is 8.04. The Labute approximate surface area is 165 Å². The minimum absolute atomic E-state index is 0.00406. The molecule has 1 heterocycles. The van der Waals surface area contributed by atoms with Crippen LogP contribution in [-0.2, 0) is 11.4 Å². The number of nitriles is 1. The highest BCUT2D eigenvalue weighted by atomic mass is 32.2. The molecular formula is C20H15N4O3S-. The van der Waals surface area contributed by atoms with Crippen LogP contribution in [0.4, 0.5) is 0 Å². The van der Waals surface area contributed by atoms with Crippen LogP contribution in [0.1, 0.15) is 22.5 Å². The lowest BCUT2D eigenvalue weighted by molar-refractivity contribution is -0.297. The van der Waals surface area contributed by atoms with Gasteiger partial charge in [-0.15, -0.1) is 5.10 Å². The first kappa shape index (κ1) is 19.2. The van der Waals surface area contributed by atoms with E-state index in [-0.39, 0.29) is 11.5 Å². The SMILES string of the molecule is Cc1nc(S/C(=C/c2ccc(OCc3ccccc3C#N)cc2)C(=O)[O-])n[nH]1. The molecule has 0 aliphatic heterocycles. The first-order valence-corrected chi connectivity index (χ1v) is 9.07. The molecule has 0 amide bonds. The van der Waals surface area contributed by atoms with Crippen LogP contribution in [-0.4, -0.2) is 21.2 Å². The number of aromatic amines is 1. The van der Waals surface area contributed by atoms with Crippen LogP contribution in [0.15, 0.2) is 58.6 Å². The molecule has 2 aromatic carbocycles. The first-order chi connectivity index (χ1) is 13.5. The number of aryl methyl sites for hydroxylation is 1. The zero-order valence-corrected chi connectivity index (χ0v) is 15.7. The number of ether oxygens (including phenoxy) is 1. The van der Waals surface area contributed by atoms with Gasteiger partial charge in [-0.25, -0.2) is 4.98 Å². The van der Waals surface area contributed by atoms with E-state index in [2.05, 4.69) is 21.3 Å². The zero-order chi connectivity index (χ0) is 19.9. The molecule has 1 N–H and O–H groups in total. The number of rotatable bonds is 7. The number of nitrogens with zero attached hydrogens (tertiary/aromatic N) is 3. The summed E-state index contributed by atoms with van der Waals surface area (Å²) in [5, 5.41) is 27.4. The van der Waals surface area contributed by atoms with Crippen molar-refractivity contribution in [2.75, 3.05) is 0 Å². The summed E-state index contributed by atoms with van der Waals surface area (Å²) in [5.41, 5.74) is 2.04. The highest BCUT2D eigenvalue weighted by Crippen LogP contribution is 2.25. The van der Waals surface area contributed by atoms with Gasteiger partial charge in [-0.05, 0) is 48.5 Å². The second-order valence-corrected chi connectivity index (χ2v) is 6.74. The average molecular weight is 391 g/mol. The molecule has 0 aliphatic rings. The van der Waals surface area contributed by atoms with Crippen molar-refractivity contribution in [2.45, 2.75) is 18.7 Å². The molecule has 0 unspecified atom stereocenters. The van der Waals surface area contributed by atoms with E-state index >= 15 is 0 Å². The number of hydrogen-bond acceptors (Lipinski definition) is 7. The van der Waals surface area contributed by atoms with Crippen molar-refractivity contribution in [3.63, 3.8) is 0 Å². The van der Waals surface area contributed by atoms with E-state index in [9.17, 15) is 9.90 Å². The first-order valence-electron chi connectivity index (χ1n) is 8.26. The summed E-state index contributed by atoms with van der Waals surface area (Å²) >= 11 is 0.912. The third-order valence-electron chi connectivity index (χ3n) is 3.69. The van der Waals surface area contributed by atoms with E-state index in [4.69, 9.17) is 10.00 Å². The minimum Gasteiger partial charge on any atom is -0.544 e. The monoisotopic (exact) mass is 391 g/mol. The Balaban J connectivity index is 1.69. The molecule has 0 bridgehead atoms. The molecule has 3 rings (SSSR count). The van der Waals surface area contributed by atoms with E-state index in [1.54, 1.807) is 43.3 Å². The second-order valence-electron chi connectivity index (χ2n) is 5.73. The van der Waals surface area contributed by atoms with Gasteiger partial charge < -0.3 is 14.6 Å². The predicted octanol–water partition coefficient (Wildman–Crippen LogP) is 2.45. The number of benzene rings is 2. The van der Waals surface area contributed by atoms with Crippen LogP contribution in [0.25, 0.3) is 6.08 Å². The van der Waals surface area contributed by atoms with Crippen LogP contribution in [0.2, 0.25) is 0 Å². The third-order valence-corrected chi connectivity index (χ3v) is 4.56. The number of aliphatic carboxylic acids is 1. The fourth-order valence-electron chi connectivity index (χ4n) is 2.32. The van der Waals surface area contributed by atoms with Crippen molar-refractivity contribution >= 4 is 23.8 Å². The van der Waals surface area contributed by atoms with Crippen LogP contribution >= 0.6 is 11.8 Å². The van der Waals surface area contributed by atoms with Crippen LogP contribution in [0.3, 0.4) is 0 Å². The molecule has 1 aromatic heterocycles. The summed E-state index contributed by atoms with van der Waals surface area (Å²) in [5.74, 6) is -0.0994. The van der Waals surface area contributed by atoms with Crippen molar-refractivity contribution in [1.29, 1.82) is 5.26 Å². The maximum absolute atomic E-state index is 11.4. The Morgan fingerprint density at radius 2 is 2.04 bits per heavy atom. The average Bonchev–Trinajstić information content (AvgIpc) is 3.11. The summed E-state index contributed by atoms with van der Waals surface area (Å²) in [6, 6.07) is 16.3. The van der Waals surface area contributed by atoms with E-state index < -0.39 is 5.97 Å². The van der Waals surface area contributed by atoms with Gasteiger partial charge in [0.25, 0.3) is 0 Å². The summed E-state index contributed by atoms with van der Waals surface area (Å²) in [6.45, 7) is 2.00. The number of nitrogens with one attached hydrogen (secondary N) is 1. The van der Waals surface area contributed by atoms with Crippen molar-refractivity contribution < 1.29 is 14.6 Å². The Kier molecular flexibility index (Phi) is 6.09. The van der Waals surface area contributed by atoms with E-state index in [1.807, 2.05) is 12.1 Å². The molecule has 140 valence electrons. The van der Waals surface area contributed by atoms with Gasteiger partial charge in [0.05, 0.1) is 17.6 Å². The Morgan fingerprint density at radius 1 is 1.29 bits per heavy atom. The molecule has 0 atom stereocenters. The van der Waals surface area contributed by atoms with Gasteiger partial charge >= 0.3 is 0 Å². The number of thioether (sulfide) groups is 1. The van der Waals surface area contributed by atoms with Crippen LogP contribution in [0.5, 0.6) is 5.75 Å². The molecule has 7 nitrogen and oxygen atoms in total. The fraction of sp³-hybridized carbons (Fsp3) is 0.100. The van der Waals surface area contributed by atoms with Crippen molar-refractivity contribution in [2.24, 2.45) is 0 Å². The number of carbonyl (C=O) groups is 1. The molecule has 0 spiro atoms.